The van der Waals surface area contributed by atoms with E-state index >= 15 is 0 Å². The number of benzene rings is 1. The van der Waals surface area contributed by atoms with E-state index in [0.717, 1.165) is 41.4 Å². The van der Waals surface area contributed by atoms with Gasteiger partial charge in [-0.05, 0) is 48.2 Å². The first-order chi connectivity index (χ1) is 10.7. The van der Waals surface area contributed by atoms with Crippen LogP contribution in [0.4, 0.5) is 0 Å². The molecule has 0 unspecified atom stereocenters. The third-order valence-electron chi connectivity index (χ3n) is 3.86. The van der Waals surface area contributed by atoms with Crippen LogP contribution in [0.15, 0.2) is 23.4 Å². The molecule has 0 N–H and O–H groups in total. The number of thioether (sulfide) groups is 1. The van der Waals surface area contributed by atoms with Crippen molar-refractivity contribution in [1.82, 2.24) is 25.1 Å². The van der Waals surface area contributed by atoms with E-state index in [1.54, 1.807) is 4.68 Å². The number of hydrogen-bond donors (Lipinski definition) is 0. The summed E-state index contributed by atoms with van der Waals surface area (Å²) in [5, 5.41) is 12.8. The van der Waals surface area contributed by atoms with Crippen LogP contribution in [0.5, 0.6) is 0 Å². The molecule has 1 aromatic heterocycles. The zero-order valence-corrected chi connectivity index (χ0v) is 13.6. The number of aromatic nitrogens is 4. The van der Waals surface area contributed by atoms with Gasteiger partial charge < -0.3 is 4.90 Å². The van der Waals surface area contributed by atoms with Crippen molar-refractivity contribution in [3.63, 3.8) is 0 Å². The molecule has 1 aliphatic rings. The molecule has 0 radical (unpaired) electrons. The SMILES string of the molecule is Cc1cccc(C)c1-n1nnnc1SCN1CCCCC1=O. The molecular weight excluding hydrogens is 298 g/mol. The summed E-state index contributed by atoms with van der Waals surface area (Å²) in [6, 6.07) is 6.12. The lowest BCUT2D eigenvalue weighted by Crippen LogP contribution is -2.34. The highest BCUT2D eigenvalue weighted by molar-refractivity contribution is 7.99. The highest BCUT2D eigenvalue weighted by Gasteiger charge is 2.20. The van der Waals surface area contributed by atoms with Gasteiger partial charge in [0, 0.05) is 13.0 Å². The van der Waals surface area contributed by atoms with E-state index in [-0.39, 0.29) is 5.91 Å². The number of rotatable bonds is 4. The second-order valence-electron chi connectivity index (χ2n) is 5.50. The van der Waals surface area contributed by atoms with Crippen LogP contribution in [0.3, 0.4) is 0 Å². The van der Waals surface area contributed by atoms with Gasteiger partial charge in [0.25, 0.3) is 0 Å². The topological polar surface area (TPSA) is 63.9 Å². The van der Waals surface area contributed by atoms with Crippen molar-refractivity contribution < 1.29 is 4.79 Å². The smallest absolute Gasteiger partial charge is 0.223 e. The molecule has 0 aliphatic carbocycles. The summed E-state index contributed by atoms with van der Waals surface area (Å²) in [6.07, 6.45) is 2.73. The van der Waals surface area contributed by atoms with Crippen molar-refractivity contribution in [1.29, 1.82) is 0 Å². The summed E-state index contributed by atoms with van der Waals surface area (Å²) in [5.74, 6) is 0.828. The summed E-state index contributed by atoms with van der Waals surface area (Å²) in [5.41, 5.74) is 3.27. The molecule has 2 heterocycles. The molecule has 1 saturated heterocycles. The fraction of sp³-hybridized carbons (Fsp3) is 0.467. The van der Waals surface area contributed by atoms with Gasteiger partial charge in [-0.2, -0.15) is 4.68 Å². The normalized spacial score (nSPS) is 15.4. The van der Waals surface area contributed by atoms with E-state index in [9.17, 15) is 4.79 Å². The Morgan fingerprint density at radius 3 is 2.73 bits per heavy atom. The second kappa shape index (κ2) is 6.48. The number of aryl methyl sites for hydroxylation is 2. The number of tetrazole rings is 1. The molecule has 6 nitrogen and oxygen atoms in total. The minimum absolute atomic E-state index is 0.227. The number of carbonyl (C=O) groups excluding carboxylic acids is 1. The monoisotopic (exact) mass is 317 g/mol. The van der Waals surface area contributed by atoms with Gasteiger partial charge in [0.15, 0.2) is 0 Å². The first-order valence-corrected chi connectivity index (χ1v) is 8.41. The van der Waals surface area contributed by atoms with E-state index in [4.69, 9.17) is 0 Å². The van der Waals surface area contributed by atoms with Crippen LogP contribution in [-0.2, 0) is 4.79 Å². The predicted molar refractivity (Wildman–Crippen MR) is 84.9 cm³/mol. The summed E-state index contributed by atoms with van der Waals surface area (Å²) in [7, 11) is 0. The zero-order valence-electron chi connectivity index (χ0n) is 12.8. The quantitative estimate of drug-likeness (QED) is 0.810. The van der Waals surface area contributed by atoms with Crippen LogP contribution in [0.1, 0.15) is 30.4 Å². The maximum atomic E-state index is 11.9. The number of nitrogens with zero attached hydrogens (tertiary/aromatic N) is 5. The third-order valence-corrected chi connectivity index (χ3v) is 4.82. The molecule has 0 saturated carbocycles. The molecule has 1 amide bonds. The molecule has 7 heteroatoms. The lowest BCUT2D eigenvalue weighted by Gasteiger charge is -2.25. The van der Waals surface area contributed by atoms with Gasteiger partial charge >= 0.3 is 0 Å². The molecule has 22 heavy (non-hydrogen) atoms. The van der Waals surface area contributed by atoms with Gasteiger partial charge in [-0.25, -0.2) is 0 Å². The average molecular weight is 317 g/mol. The second-order valence-corrected chi connectivity index (χ2v) is 6.41. The molecule has 3 rings (SSSR count). The Morgan fingerprint density at radius 2 is 2.00 bits per heavy atom. The molecule has 1 fully saturated rings. The first kappa shape index (κ1) is 15.0. The summed E-state index contributed by atoms with van der Waals surface area (Å²) in [6.45, 7) is 4.93. The molecular formula is C15H19N5OS. The van der Waals surface area contributed by atoms with Crippen molar-refractivity contribution >= 4 is 17.7 Å². The van der Waals surface area contributed by atoms with Gasteiger partial charge in [-0.3, -0.25) is 4.79 Å². The number of piperidine rings is 1. The maximum Gasteiger partial charge on any atom is 0.223 e. The van der Waals surface area contributed by atoms with E-state index < -0.39 is 0 Å². The first-order valence-electron chi connectivity index (χ1n) is 7.42. The van der Waals surface area contributed by atoms with E-state index in [0.29, 0.717) is 12.3 Å². The molecule has 0 atom stereocenters. The largest absolute Gasteiger partial charge is 0.333 e. The third kappa shape index (κ3) is 2.99. The van der Waals surface area contributed by atoms with E-state index in [2.05, 4.69) is 15.5 Å². The minimum Gasteiger partial charge on any atom is -0.333 e. The molecule has 1 aromatic carbocycles. The Morgan fingerprint density at radius 1 is 1.23 bits per heavy atom. The fourth-order valence-electron chi connectivity index (χ4n) is 2.68. The van der Waals surface area contributed by atoms with Crippen LogP contribution in [-0.4, -0.2) is 43.4 Å². The van der Waals surface area contributed by atoms with Gasteiger partial charge in [-0.1, -0.05) is 30.0 Å². The number of para-hydroxylation sites is 1. The number of hydrogen-bond acceptors (Lipinski definition) is 5. The van der Waals surface area contributed by atoms with Crippen LogP contribution in [0.2, 0.25) is 0 Å². The lowest BCUT2D eigenvalue weighted by atomic mass is 10.1. The van der Waals surface area contributed by atoms with E-state index in [1.165, 1.54) is 11.8 Å². The van der Waals surface area contributed by atoms with Crippen molar-refractivity contribution in [2.75, 3.05) is 12.4 Å². The Kier molecular flexibility index (Phi) is 4.42. The van der Waals surface area contributed by atoms with Gasteiger partial charge in [0.05, 0.1) is 11.6 Å². The number of likely N-dealkylation sites (tertiary alicyclic amines) is 1. The average Bonchev–Trinajstić information content (AvgIpc) is 2.94. The van der Waals surface area contributed by atoms with E-state index in [1.807, 2.05) is 36.9 Å². The van der Waals surface area contributed by atoms with Crippen LogP contribution >= 0.6 is 11.8 Å². The van der Waals surface area contributed by atoms with Gasteiger partial charge in [0.2, 0.25) is 11.1 Å². The summed E-state index contributed by atoms with van der Waals surface area (Å²) >= 11 is 1.51. The Bertz CT molecular complexity index is 664. The highest BCUT2D eigenvalue weighted by Crippen LogP contribution is 2.24. The lowest BCUT2D eigenvalue weighted by molar-refractivity contribution is -0.132. The fourth-order valence-corrected chi connectivity index (χ4v) is 3.57. The molecule has 0 spiro atoms. The van der Waals surface area contributed by atoms with Gasteiger partial charge in [0.1, 0.15) is 0 Å². The van der Waals surface area contributed by atoms with Crippen molar-refractivity contribution in [2.45, 2.75) is 38.3 Å². The van der Waals surface area contributed by atoms with Crippen molar-refractivity contribution in [2.24, 2.45) is 0 Å². The highest BCUT2D eigenvalue weighted by atomic mass is 32.2. The molecule has 0 bridgehead atoms. The molecule has 1 aliphatic heterocycles. The molecule has 2 aromatic rings. The van der Waals surface area contributed by atoms with Crippen molar-refractivity contribution in [3.05, 3.63) is 29.3 Å². The Labute approximate surface area is 133 Å². The predicted octanol–water partition coefficient (Wildman–Crippen LogP) is 2.34. The summed E-state index contributed by atoms with van der Waals surface area (Å²) < 4.78 is 1.77. The van der Waals surface area contributed by atoms with Crippen molar-refractivity contribution in [3.8, 4) is 5.69 Å². The van der Waals surface area contributed by atoms with Crippen LogP contribution < -0.4 is 0 Å². The zero-order chi connectivity index (χ0) is 15.5. The number of amides is 1. The van der Waals surface area contributed by atoms with Crippen LogP contribution in [0, 0.1) is 13.8 Å². The van der Waals surface area contributed by atoms with Crippen LogP contribution in [0.25, 0.3) is 5.69 Å². The standard InChI is InChI=1S/C15H19N5OS/c1-11-6-5-7-12(2)14(11)20-15(16-17-18-20)22-10-19-9-4-3-8-13(19)21/h5-7H,3-4,8-10H2,1-2H3. The Balaban J connectivity index is 1.79. The maximum absolute atomic E-state index is 11.9. The van der Waals surface area contributed by atoms with Gasteiger partial charge in [-0.15, -0.1) is 5.10 Å². The number of carbonyl (C=O) groups is 1. The molecule has 116 valence electrons. The summed E-state index contributed by atoms with van der Waals surface area (Å²) in [4.78, 5) is 13.8. The minimum atomic E-state index is 0.227. The Hall–Kier alpha value is -1.89.